The van der Waals surface area contributed by atoms with Gasteiger partial charge in [-0.1, -0.05) is 24.3 Å². The van der Waals surface area contributed by atoms with Crippen molar-refractivity contribution in [2.45, 2.75) is 20.0 Å². The van der Waals surface area contributed by atoms with Crippen molar-refractivity contribution >= 4 is 5.91 Å². The third-order valence-corrected chi connectivity index (χ3v) is 3.14. The average Bonchev–Trinajstić information content (AvgIpc) is 2.78. The summed E-state index contributed by atoms with van der Waals surface area (Å²) in [5, 5.41) is 16.0. The van der Waals surface area contributed by atoms with Crippen molar-refractivity contribution in [3.05, 3.63) is 52.8 Å². The molecule has 0 fully saturated rings. The van der Waals surface area contributed by atoms with Gasteiger partial charge in [-0.15, -0.1) is 0 Å². The largest absolute Gasteiger partial charge is 0.392 e. The Kier molecular flexibility index (Phi) is 4.53. The van der Waals surface area contributed by atoms with E-state index in [1.807, 2.05) is 31.2 Å². The molecule has 20 heavy (non-hydrogen) atoms. The molecule has 0 radical (unpaired) electrons. The molecule has 0 aliphatic heterocycles. The van der Waals surface area contributed by atoms with Crippen LogP contribution in [0.1, 0.15) is 27.3 Å². The fourth-order valence-electron chi connectivity index (χ4n) is 2.05. The lowest BCUT2D eigenvalue weighted by molar-refractivity contribution is 0.0944. The first-order chi connectivity index (χ1) is 9.60. The van der Waals surface area contributed by atoms with Crippen molar-refractivity contribution in [1.82, 2.24) is 15.1 Å². The van der Waals surface area contributed by atoms with Crippen molar-refractivity contribution in [2.75, 3.05) is 6.54 Å². The number of benzene rings is 1. The number of rotatable bonds is 5. The number of aryl methyl sites for hydroxylation is 2. The molecule has 1 aromatic carbocycles. The molecule has 106 valence electrons. The van der Waals surface area contributed by atoms with Gasteiger partial charge < -0.3 is 10.4 Å². The summed E-state index contributed by atoms with van der Waals surface area (Å²) in [6.45, 7) is 2.48. The normalized spacial score (nSPS) is 10.6. The first kappa shape index (κ1) is 14.3. The Morgan fingerprint density at radius 2 is 1.95 bits per heavy atom. The number of carbonyl (C=O) groups is 1. The molecule has 0 saturated carbocycles. The molecule has 2 rings (SSSR count). The maximum atomic E-state index is 12.0. The summed E-state index contributed by atoms with van der Waals surface area (Å²) < 4.78 is 1.58. The number of nitrogens with one attached hydrogen (secondary N) is 1. The Morgan fingerprint density at radius 1 is 1.30 bits per heavy atom. The highest BCUT2D eigenvalue weighted by Crippen LogP contribution is 2.05. The minimum Gasteiger partial charge on any atom is -0.392 e. The van der Waals surface area contributed by atoms with Gasteiger partial charge in [0.1, 0.15) is 5.69 Å². The second-order valence-corrected chi connectivity index (χ2v) is 4.78. The Labute approximate surface area is 118 Å². The van der Waals surface area contributed by atoms with Crippen LogP contribution >= 0.6 is 0 Å². The molecule has 2 N–H and O–H groups in total. The zero-order valence-corrected chi connectivity index (χ0v) is 11.8. The lowest BCUT2D eigenvalue weighted by atomic mass is 10.1. The van der Waals surface area contributed by atoms with Crippen LogP contribution in [0.25, 0.3) is 0 Å². The average molecular weight is 273 g/mol. The summed E-state index contributed by atoms with van der Waals surface area (Å²) >= 11 is 0. The molecule has 0 aliphatic carbocycles. The van der Waals surface area contributed by atoms with Gasteiger partial charge in [0.05, 0.1) is 12.3 Å². The Morgan fingerprint density at radius 3 is 2.50 bits per heavy atom. The molecule has 1 heterocycles. The van der Waals surface area contributed by atoms with Crippen LogP contribution in [-0.4, -0.2) is 27.3 Å². The predicted molar refractivity (Wildman–Crippen MR) is 76.3 cm³/mol. The van der Waals surface area contributed by atoms with Gasteiger partial charge in [-0.25, -0.2) is 0 Å². The van der Waals surface area contributed by atoms with Crippen LogP contribution in [-0.2, 0) is 20.1 Å². The molecule has 0 bridgehead atoms. The minimum atomic E-state index is -0.111. The lowest BCUT2D eigenvalue weighted by Crippen LogP contribution is -2.27. The highest BCUT2D eigenvalue weighted by atomic mass is 16.3. The number of hydrogen-bond donors (Lipinski definition) is 2. The van der Waals surface area contributed by atoms with Gasteiger partial charge in [0, 0.05) is 13.6 Å². The molecular formula is C15H19N3O2. The predicted octanol–water partition coefficient (Wildman–Crippen LogP) is 1.19. The van der Waals surface area contributed by atoms with E-state index in [1.165, 1.54) is 0 Å². The molecule has 0 saturated heterocycles. The van der Waals surface area contributed by atoms with Crippen LogP contribution in [0.3, 0.4) is 0 Å². The number of carbonyl (C=O) groups excluding carboxylic acids is 1. The SMILES string of the molecule is Cc1cc(C(=O)NCCc2ccc(CO)cc2)n(C)n1. The molecule has 2 aromatic rings. The maximum Gasteiger partial charge on any atom is 0.269 e. The Bertz CT molecular complexity index is 588. The van der Waals surface area contributed by atoms with Gasteiger partial charge in [-0.3, -0.25) is 9.48 Å². The fraction of sp³-hybridized carbons (Fsp3) is 0.333. The summed E-state index contributed by atoms with van der Waals surface area (Å²) in [6, 6.07) is 9.48. The standard InChI is InChI=1S/C15H19N3O2/c1-11-9-14(18(2)17-11)15(20)16-8-7-12-3-5-13(10-19)6-4-12/h3-6,9,19H,7-8,10H2,1-2H3,(H,16,20). The van der Waals surface area contributed by atoms with Crippen molar-refractivity contribution in [3.63, 3.8) is 0 Å². The zero-order chi connectivity index (χ0) is 14.5. The smallest absolute Gasteiger partial charge is 0.269 e. The topological polar surface area (TPSA) is 67.2 Å². The maximum absolute atomic E-state index is 12.0. The van der Waals surface area contributed by atoms with Crippen LogP contribution < -0.4 is 5.32 Å². The Hall–Kier alpha value is -2.14. The summed E-state index contributed by atoms with van der Waals surface area (Å²) in [5.41, 5.74) is 3.42. The zero-order valence-electron chi connectivity index (χ0n) is 11.8. The quantitative estimate of drug-likeness (QED) is 0.860. The first-order valence-electron chi connectivity index (χ1n) is 6.57. The fourth-order valence-corrected chi connectivity index (χ4v) is 2.05. The van der Waals surface area contributed by atoms with Crippen LogP contribution in [0.15, 0.2) is 30.3 Å². The van der Waals surface area contributed by atoms with Crippen molar-refractivity contribution in [2.24, 2.45) is 7.05 Å². The molecule has 1 aromatic heterocycles. The minimum absolute atomic E-state index is 0.0524. The van der Waals surface area contributed by atoms with Gasteiger partial charge in [0.25, 0.3) is 5.91 Å². The summed E-state index contributed by atoms with van der Waals surface area (Å²) in [7, 11) is 1.76. The first-order valence-corrected chi connectivity index (χ1v) is 6.57. The highest BCUT2D eigenvalue weighted by Gasteiger charge is 2.10. The Balaban J connectivity index is 1.86. The van der Waals surface area contributed by atoms with Gasteiger partial charge in [-0.05, 0) is 30.5 Å². The van der Waals surface area contributed by atoms with Crippen LogP contribution in [0.5, 0.6) is 0 Å². The number of aliphatic hydroxyl groups is 1. The van der Waals surface area contributed by atoms with Gasteiger partial charge in [0.2, 0.25) is 0 Å². The molecule has 1 amide bonds. The molecule has 0 aliphatic rings. The number of nitrogens with zero attached hydrogens (tertiary/aromatic N) is 2. The van der Waals surface area contributed by atoms with Crippen molar-refractivity contribution in [3.8, 4) is 0 Å². The van der Waals surface area contributed by atoms with Crippen molar-refractivity contribution < 1.29 is 9.90 Å². The number of hydrogen-bond acceptors (Lipinski definition) is 3. The molecule has 0 unspecified atom stereocenters. The molecule has 0 atom stereocenters. The van der Waals surface area contributed by atoms with E-state index in [2.05, 4.69) is 10.4 Å². The summed E-state index contributed by atoms with van der Waals surface area (Å²) in [6.07, 6.45) is 0.758. The van der Waals surface area contributed by atoms with E-state index in [9.17, 15) is 4.79 Å². The third-order valence-electron chi connectivity index (χ3n) is 3.14. The number of amides is 1. The molecular weight excluding hydrogens is 254 g/mol. The van der Waals surface area contributed by atoms with Crippen LogP contribution in [0.2, 0.25) is 0 Å². The lowest BCUT2D eigenvalue weighted by Gasteiger charge is -2.06. The van der Waals surface area contributed by atoms with Crippen LogP contribution in [0, 0.1) is 6.92 Å². The van der Waals surface area contributed by atoms with Gasteiger partial charge >= 0.3 is 0 Å². The van der Waals surface area contributed by atoms with Crippen molar-refractivity contribution in [1.29, 1.82) is 0 Å². The third kappa shape index (κ3) is 3.45. The number of aliphatic hydroxyl groups excluding tert-OH is 1. The van der Waals surface area contributed by atoms with Gasteiger partial charge in [-0.2, -0.15) is 5.10 Å². The van der Waals surface area contributed by atoms with E-state index < -0.39 is 0 Å². The van der Waals surface area contributed by atoms with E-state index in [0.29, 0.717) is 12.2 Å². The second kappa shape index (κ2) is 6.34. The summed E-state index contributed by atoms with van der Waals surface area (Å²) in [4.78, 5) is 12.0. The number of aromatic nitrogens is 2. The second-order valence-electron chi connectivity index (χ2n) is 4.78. The van der Waals surface area contributed by atoms with Gasteiger partial charge in [0.15, 0.2) is 0 Å². The van der Waals surface area contributed by atoms with E-state index in [0.717, 1.165) is 23.2 Å². The van der Waals surface area contributed by atoms with E-state index in [4.69, 9.17) is 5.11 Å². The monoisotopic (exact) mass is 273 g/mol. The highest BCUT2D eigenvalue weighted by molar-refractivity contribution is 5.92. The van der Waals surface area contributed by atoms with E-state index in [-0.39, 0.29) is 12.5 Å². The summed E-state index contributed by atoms with van der Waals surface area (Å²) in [5.74, 6) is -0.111. The van der Waals surface area contributed by atoms with E-state index in [1.54, 1.807) is 17.8 Å². The molecule has 5 heteroatoms. The van der Waals surface area contributed by atoms with Crippen LogP contribution in [0.4, 0.5) is 0 Å². The molecule has 5 nitrogen and oxygen atoms in total. The van der Waals surface area contributed by atoms with E-state index >= 15 is 0 Å². The molecule has 0 spiro atoms.